The molecule has 0 N–H and O–H groups in total. The van der Waals surface area contributed by atoms with Crippen molar-refractivity contribution in [3.63, 3.8) is 0 Å². The second kappa shape index (κ2) is 1.85. The van der Waals surface area contributed by atoms with Gasteiger partial charge in [-0.3, -0.25) is 0 Å². The summed E-state index contributed by atoms with van der Waals surface area (Å²) >= 11 is 0. The molecular weight excluding hydrogens is 153 g/mol. The third-order valence-electron chi connectivity index (χ3n) is 1.05. The van der Waals surface area contributed by atoms with Crippen molar-refractivity contribution in [1.82, 2.24) is 0 Å². The Morgan fingerprint density at radius 3 is 2.10 bits per heavy atom. The van der Waals surface area contributed by atoms with Crippen LogP contribution in [-0.2, 0) is 9.53 Å². The van der Waals surface area contributed by atoms with E-state index < -0.39 is 24.4 Å². The Kier molecular flexibility index (Phi) is 1.36. The van der Waals surface area contributed by atoms with Crippen LogP contribution in [0.4, 0.5) is 13.2 Å². The van der Waals surface area contributed by atoms with E-state index in [2.05, 4.69) is 4.74 Å². The lowest BCUT2D eigenvalue weighted by Gasteiger charge is -1.99. The largest absolute Gasteiger partial charge is 0.547 e. The number of epoxide rings is 1. The summed E-state index contributed by atoms with van der Waals surface area (Å²) in [6.45, 7) is 0. The minimum absolute atomic E-state index is 1.79. The van der Waals surface area contributed by atoms with Crippen molar-refractivity contribution in [1.29, 1.82) is 0 Å². The van der Waals surface area contributed by atoms with E-state index in [1.54, 1.807) is 0 Å². The van der Waals surface area contributed by atoms with Gasteiger partial charge in [0, 0.05) is 0 Å². The van der Waals surface area contributed by atoms with Crippen LogP contribution in [0, 0.1) is 0 Å². The number of ether oxygens (including phenoxy) is 1. The van der Waals surface area contributed by atoms with Crippen molar-refractivity contribution in [3.05, 3.63) is 0 Å². The molecule has 0 spiro atoms. The minimum Gasteiger partial charge on any atom is -0.547 e. The molecule has 10 heavy (non-hydrogen) atoms. The molecule has 1 heterocycles. The van der Waals surface area contributed by atoms with Gasteiger partial charge in [0.1, 0.15) is 6.10 Å². The molecule has 0 amide bonds. The van der Waals surface area contributed by atoms with Gasteiger partial charge in [0.25, 0.3) is 0 Å². The molecule has 2 atom stereocenters. The molecule has 6 heteroatoms. The summed E-state index contributed by atoms with van der Waals surface area (Å²) in [4.78, 5) is 9.68. The van der Waals surface area contributed by atoms with Gasteiger partial charge in [-0.1, -0.05) is 0 Å². The van der Waals surface area contributed by atoms with Gasteiger partial charge >= 0.3 is 6.18 Å². The van der Waals surface area contributed by atoms with Crippen LogP contribution in [-0.4, -0.2) is 24.4 Å². The molecule has 1 aliphatic heterocycles. The lowest BCUT2D eigenvalue weighted by atomic mass is 10.3. The molecule has 0 bridgehead atoms. The normalized spacial score (nSPS) is 31.9. The van der Waals surface area contributed by atoms with Gasteiger partial charge in [-0.2, -0.15) is 13.2 Å². The van der Waals surface area contributed by atoms with Gasteiger partial charge in [0.15, 0.2) is 6.10 Å². The first-order valence-corrected chi connectivity index (χ1v) is 2.36. The van der Waals surface area contributed by atoms with E-state index in [9.17, 15) is 23.1 Å². The number of carboxylic acid groups (broad SMARTS) is 1. The summed E-state index contributed by atoms with van der Waals surface area (Å²) in [6, 6.07) is 0. The zero-order valence-electron chi connectivity index (χ0n) is 4.51. The van der Waals surface area contributed by atoms with Crippen LogP contribution in [0.25, 0.3) is 0 Å². The molecule has 1 saturated heterocycles. The molecule has 0 aliphatic carbocycles. The summed E-state index contributed by atoms with van der Waals surface area (Å²) in [5.74, 6) is -1.82. The van der Waals surface area contributed by atoms with Crippen molar-refractivity contribution in [2.45, 2.75) is 18.4 Å². The first-order chi connectivity index (χ1) is 4.43. The third-order valence-corrected chi connectivity index (χ3v) is 1.05. The number of hydrogen-bond donors (Lipinski definition) is 0. The fraction of sp³-hybridized carbons (Fsp3) is 0.750. The minimum atomic E-state index is -4.58. The predicted molar refractivity (Wildman–Crippen MR) is 19.7 cm³/mol. The van der Waals surface area contributed by atoms with Crippen LogP contribution in [0.15, 0.2) is 0 Å². The van der Waals surface area contributed by atoms with E-state index in [1.807, 2.05) is 0 Å². The fourth-order valence-corrected chi connectivity index (χ4v) is 0.541. The SMILES string of the molecule is O=C([O-])C1OC1C(F)(F)F. The molecule has 0 aromatic carbocycles. The second-order valence-electron chi connectivity index (χ2n) is 1.84. The maximum Gasteiger partial charge on any atom is 0.417 e. The van der Waals surface area contributed by atoms with Gasteiger partial charge in [-0.05, 0) is 0 Å². The van der Waals surface area contributed by atoms with Crippen molar-refractivity contribution in [3.8, 4) is 0 Å². The highest BCUT2D eigenvalue weighted by Crippen LogP contribution is 2.37. The van der Waals surface area contributed by atoms with Crippen LogP contribution in [0.1, 0.15) is 0 Å². The van der Waals surface area contributed by atoms with E-state index in [-0.39, 0.29) is 0 Å². The molecule has 0 aromatic rings. The Morgan fingerprint density at radius 2 is 2.00 bits per heavy atom. The third kappa shape index (κ3) is 1.21. The molecule has 0 radical (unpaired) electrons. The molecule has 3 nitrogen and oxygen atoms in total. The molecule has 58 valence electrons. The second-order valence-corrected chi connectivity index (χ2v) is 1.84. The monoisotopic (exact) mass is 155 g/mol. The molecule has 1 fully saturated rings. The molecule has 2 unspecified atom stereocenters. The first kappa shape index (κ1) is 7.33. The van der Waals surface area contributed by atoms with Crippen LogP contribution in [0.5, 0.6) is 0 Å². The number of carbonyl (C=O) groups excluding carboxylic acids is 1. The smallest absolute Gasteiger partial charge is 0.417 e. The van der Waals surface area contributed by atoms with Gasteiger partial charge in [-0.15, -0.1) is 0 Å². The number of alkyl halides is 3. The topological polar surface area (TPSA) is 52.7 Å². The van der Waals surface area contributed by atoms with E-state index in [0.29, 0.717) is 0 Å². The maximum absolute atomic E-state index is 11.4. The predicted octanol–water partition coefficient (Wildman–Crippen LogP) is -0.934. The zero-order chi connectivity index (χ0) is 7.94. The quantitative estimate of drug-likeness (QED) is 0.459. The number of carboxylic acids is 1. The van der Waals surface area contributed by atoms with Crippen molar-refractivity contribution < 1.29 is 27.8 Å². The summed E-state index contributed by atoms with van der Waals surface area (Å²) in [7, 11) is 0. The number of carbonyl (C=O) groups is 1. The van der Waals surface area contributed by atoms with Crippen LogP contribution < -0.4 is 5.11 Å². The summed E-state index contributed by atoms with van der Waals surface area (Å²) in [5, 5.41) is 9.68. The Labute approximate surface area is 53.4 Å². The van der Waals surface area contributed by atoms with E-state index in [1.165, 1.54) is 0 Å². The fourth-order valence-electron chi connectivity index (χ4n) is 0.541. The Bertz CT molecular complexity index is 164. The summed E-state index contributed by atoms with van der Waals surface area (Å²) in [6.07, 6.45) is -8.53. The Morgan fingerprint density at radius 1 is 1.50 bits per heavy atom. The highest BCUT2D eigenvalue weighted by molar-refractivity contribution is 5.73. The van der Waals surface area contributed by atoms with E-state index in [4.69, 9.17) is 0 Å². The van der Waals surface area contributed by atoms with Gasteiger partial charge < -0.3 is 14.6 Å². The van der Waals surface area contributed by atoms with Gasteiger partial charge in [0.2, 0.25) is 0 Å². The van der Waals surface area contributed by atoms with Crippen LogP contribution >= 0.6 is 0 Å². The number of rotatable bonds is 1. The number of halogens is 3. The highest BCUT2D eigenvalue weighted by Gasteiger charge is 2.58. The lowest BCUT2D eigenvalue weighted by molar-refractivity contribution is -0.307. The summed E-state index contributed by atoms with van der Waals surface area (Å²) in [5.41, 5.74) is 0. The number of aliphatic carboxylic acids is 1. The van der Waals surface area contributed by atoms with E-state index >= 15 is 0 Å². The molecule has 1 rings (SSSR count). The highest BCUT2D eigenvalue weighted by atomic mass is 19.4. The maximum atomic E-state index is 11.4. The molecule has 0 aromatic heterocycles. The first-order valence-electron chi connectivity index (χ1n) is 2.36. The van der Waals surface area contributed by atoms with Crippen molar-refractivity contribution in [2.24, 2.45) is 0 Å². The van der Waals surface area contributed by atoms with Crippen LogP contribution in [0.2, 0.25) is 0 Å². The zero-order valence-corrected chi connectivity index (χ0v) is 4.51. The van der Waals surface area contributed by atoms with Crippen molar-refractivity contribution >= 4 is 5.97 Å². The standard InChI is InChI=1S/C4H3F3O3/c5-4(6,7)2-1(10-2)3(8)9/h1-2H,(H,8,9)/p-1. The Hall–Kier alpha value is -0.780. The number of hydrogen-bond acceptors (Lipinski definition) is 3. The average Bonchev–Trinajstić information content (AvgIpc) is 2.35. The van der Waals surface area contributed by atoms with E-state index in [0.717, 1.165) is 0 Å². The van der Waals surface area contributed by atoms with Crippen molar-refractivity contribution in [2.75, 3.05) is 0 Å². The Balaban J connectivity index is 2.46. The van der Waals surface area contributed by atoms with Gasteiger partial charge in [-0.25, -0.2) is 0 Å². The molecule has 1 aliphatic rings. The average molecular weight is 155 g/mol. The molecule has 0 saturated carbocycles. The van der Waals surface area contributed by atoms with Crippen LogP contribution in [0.3, 0.4) is 0 Å². The molecular formula is C4H2F3O3-. The van der Waals surface area contributed by atoms with Gasteiger partial charge in [0.05, 0.1) is 5.97 Å². The summed E-state index contributed by atoms with van der Waals surface area (Å²) < 4.78 is 38.1. The lowest BCUT2D eigenvalue weighted by Crippen LogP contribution is -2.32.